The zero-order chi connectivity index (χ0) is 24.6. The molecule has 2 heterocycles. The molecule has 1 unspecified atom stereocenters. The first kappa shape index (κ1) is 24.8. The maximum atomic E-state index is 13.5. The molecule has 0 aliphatic carbocycles. The number of carboxylic acid groups (broad SMARTS) is 1. The molecule has 1 aromatic carbocycles. The smallest absolute Gasteiger partial charge is 0.407 e. The van der Waals surface area contributed by atoms with Crippen LogP contribution in [0.3, 0.4) is 0 Å². The highest BCUT2D eigenvalue weighted by atomic mass is 19.4. The Morgan fingerprint density at radius 2 is 1.70 bits per heavy atom. The Balaban J connectivity index is 1.93. The molecule has 1 saturated heterocycles. The van der Waals surface area contributed by atoms with Crippen LogP contribution in [0.25, 0.3) is 11.3 Å². The standard InChI is InChI=1S/C22H23F6N3O2/c1-13-5-3-4-6-16(13)17-8-7-15(14(2)29-17)11-30-9-10-31(20(32)33)12-18(30)19(21(23,24)25)22(26,27)28/h3-8,18-19H,9-12H2,1-2H3,(H,32,33). The first-order valence-corrected chi connectivity index (χ1v) is 10.2. The first-order valence-electron chi connectivity index (χ1n) is 10.2. The maximum Gasteiger partial charge on any atom is 0.407 e. The second-order valence-corrected chi connectivity index (χ2v) is 8.08. The van der Waals surface area contributed by atoms with Gasteiger partial charge in [0.1, 0.15) is 0 Å². The van der Waals surface area contributed by atoms with E-state index in [4.69, 9.17) is 5.11 Å². The Hall–Kier alpha value is -2.82. The number of pyridine rings is 1. The molecule has 1 aliphatic rings. The van der Waals surface area contributed by atoms with Crippen LogP contribution in [-0.2, 0) is 6.54 Å². The van der Waals surface area contributed by atoms with Gasteiger partial charge in [-0.3, -0.25) is 9.88 Å². The van der Waals surface area contributed by atoms with Crippen LogP contribution in [0.1, 0.15) is 16.8 Å². The minimum atomic E-state index is -5.58. The van der Waals surface area contributed by atoms with E-state index in [1.807, 2.05) is 31.2 Å². The van der Waals surface area contributed by atoms with Crippen LogP contribution in [0.5, 0.6) is 0 Å². The summed E-state index contributed by atoms with van der Waals surface area (Å²) in [5.74, 6) is -3.67. The van der Waals surface area contributed by atoms with Crippen LogP contribution in [0.2, 0.25) is 0 Å². The van der Waals surface area contributed by atoms with Gasteiger partial charge in [-0.15, -0.1) is 0 Å². The van der Waals surface area contributed by atoms with Gasteiger partial charge >= 0.3 is 18.4 Å². The van der Waals surface area contributed by atoms with E-state index >= 15 is 0 Å². The van der Waals surface area contributed by atoms with Crippen LogP contribution in [0, 0.1) is 19.8 Å². The molecule has 1 N–H and O–H groups in total. The highest BCUT2D eigenvalue weighted by Gasteiger charge is 2.62. The van der Waals surface area contributed by atoms with Gasteiger partial charge in [0.2, 0.25) is 0 Å². The van der Waals surface area contributed by atoms with Gasteiger partial charge in [0, 0.05) is 43.5 Å². The number of nitrogens with zero attached hydrogens (tertiary/aromatic N) is 3. The molecule has 5 nitrogen and oxygen atoms in total. The predicted octanol–water partition coefficient (Wildman–Crippen LogP) is 5.27. The third kappa shape index (κ3) is 5.58. The summed E-state index contributed by atoms with van der Waals surface area (Å²) in [6.45, 7) is 1.98. The van der Waals surface area contributed by atoms with Crippen molar-refractivity contribution in [3.63, 3.8) is 0 Å². The summed E-state index contributed by atoms with van der Waals surface area (Å²) in [6.07, 6.45) is -12.7. The Morgan fingerprint density at radius 3 is 2.24 bits per heavy atom. The molecular weight excluding hydrogens is 452 g/mol. The van der Waals surface area contributed by atoms with Crippen molar-refractivity contribution in [2.75, 3.05) is 19.6 Å². The molecule has 33 heavy (non-hydrogen) atoms. The summed E-state index contributed by atoms with van der Waals surface area (Å²) >= 11 is 0. The zero-order valence-corrected chi connectivity index (χ0v) is 17.9. The number of halogens is 6. The Kier molecular flexibility index (Phi) is 6.92. The van der Waals surface area contributed by atoms with E-state index in [0.29, 0.717) is 21.9 Å². The fourth-order valence-electron chi connectivity index (χ4n) is 4.14. The van der Waals surface area contributed by atoms with Crippen molar-refractivity contribution in [2.45, 2.75) is 38.8 Å². The van der Waals surface area contributed by atoms with Crippen molar-refractivity contribution in [3.8, 4) is 11.3 Å². The van der Waals surface area contributed by atoms with Crippen molar-refractivity contribution >= 4 is 6.09 Å². The fourth-order valence-corrected chi connectivity index (χ4v) is 4.14. The fraction of sp³-hybridized carbons (Fsp3) is 0.455. The largest absolute Gasteiger partial charge is 0.465 e. The quantitative estimate of drug-likeness (QED) is 0.613. The molecular formula is C22H23F6N3O2. The molecule has 0 radical (unpaired) electrons. The van der Waals surface area contributed by atoms with Crippen molar-refractivity contribution in [2.24, 2.45) is 5.92 Å². The molecule has 2 aromatic rings. The number of carbonyl (C=O) groups is 1. The van der Waals surface area contributed by atoms with E-state index in [-0.39, 0.29) is 19.6 Å². The van der Waals surface area contributed by atoms with Gasteiger partial charge in [0.15, 0.2) is 5.92 Å². The summed E-state index contributed by atoms with van der Waals surface area (Å²) in [5.41, 5.74) is 3.44. The van der Waals surface area contributed by atoms with E-state index in [9.17, 15) is 31.1 Å². The van der Waals surface area contributed by atoms with Crippen molar-refractivity contribution < 1.29 is 36.2 Å². The topological polar surface area (TPSA) is 56.7 Å². The number of benzene rings is 1. The highest BCUT2D eigenvalue weighted by molar-refractivity contribution is 5.65. The highest BCUT2D eigenvalue weighted by Crippen LogP contribution is 2.44. The summed E-state index contributed by atoms with van der Waals surface area (Å²) in [7, 11) is 0. The molecule has 1 amide bonds. The van der Waals surface area contributed by atoms with Crippen molar-refractivity contribution in [3.05, 3.63) is 53.2 Å². The molecule has 1 aliphatic heterocycles. The number of rotatable bonds is 4. The van der Waals surface area contributed by atoms with Crippen LogP contribution in [-0.4, -0.2) is 64.0 Å². The number of amides is 1. The van der Waals surface area contributed by atoms with Gasteiger partial charge < -0.3 is 10.0 Å². The molecule has 11 heteroatoms. The molecule has 0 saturated carbocycles. The molecule has 0 bridgehead atoms. The monoisotopic (exact) mass is 475 g/mol. The summed E-state index contributed by atoms with van der Waals surface area (Å²) < 4.78 is 80.8. The Labute approximate surface area is 186 Å². The maximum absolute atomic E-state index is 13.5. The summed E-state index contributed by atoms with van der Waals surface area (Å²) in [6, 6.07) is 8.70. The van der Waals surface area contributed by atoms with Crippen LogP contribution < -0.4 is 0 Å². The lowest BCUT2D eigenvalue weighted by atomic mass is 9.93. The number of aromatic nitrogens is 1. The third-order valence-corrected chi connectivity index (χ3v) is 5.88. The van der Waals surface area contributed by atoms with Gasteiger partial charge in [-0.25, -0.2) is 4.79 Å². The molecule has 1 fully saturated rings. The SMILES string of the molecule is Cc1ccccc1-c1ccc(CN2CCN(C(=O)O)CC2C(C(F)(F)F)C(F)(F)F)c(C)n1. The lowest BCUT2D eigenvalue weighted by Gasteiger charge is -2.44. The van der Waals surface area contributed by atoms with Crippen LogP contribution in [0.4, 0.5) is 31.1 Å². The zero-order valence-electron chi connectivity index (χ0n) is 17.9. The molecule has 180 valence electrons. The molecule has 0 spiro atoms. The summed E-state index contributed by atoms with van der Waals surface area (Å²) in [5, 5.41) is 9.16. The van der Waals surface area contributed by atoms with Crippen molar-refractivity contribution in [1.29, 1.82) is 0 Å². The molecule has 1 aromatic heterocycles. The van der Waals surface area contributed by atoms with E-state index in [1.165, 1.54) is 0 Å². The van der Waals surface area contributed by atoms with Gasteiger partial charge in [-0.2, -0.15) is 26.3 Å². The summed E-state index contributed by atoms with van der Waals surface area (Å²) in [4.78, 5) is 17.4. The second kappa shape index (κ2) is 9.20. The second-order valence-electron chi connectivity index (χ2n) is 8.08. The van der Waals surface area contributed by atoms with Crippen LogP contribution in [0.15, 0.2) is 36.4 Å². The predicted molar refractivity (Wildman–Crippen MR) is 109 cm³/mol. The minimum absolute atomic E-state index is 0.192. The Morgan fingerprint density at radius 1 is 1.06 bits per heavy atom. The first-order chi connectivity index (χ1) is 15.3. The molecule has 1 atom stereocenters. The Bertz CT molecular complexity index is 994. The van der Waals surface area contributed by atoms with E-state index in [1.54, 1.807) is 19.1 Å². The van der Waals surface area contributed by atoms with Gasteiger partial charge in [0.25, 0.3) is 0 Å². The molecule has 3 rings (SSSR count). The van der Waals surface area contributed by atoms with Crippen molar-refractivity contribution in [1.82, 2.24) is 14.8 Å². The number of hydrogen-bond acceptors (Lipinski definition) is 3. The van der Waals surface area contributed by atoms with Gasteiger partial charge in [-0.05, 0) is 31.0 Å². The number of aryl methyl sites for hydroxylation is 2. The van der Waals surface area contributed by atoms with E-state index in [0.717, 1.165) is 16.0 Å². The van der Waals surface area contributed by atoms with E-state index in [2.05, 4.69) is 4.98 Å². The number of hydrogen-bond donors (Lipinski definition) is 1. The van der Waals surface area contributed by atoms with E-state index < -0.39 is 37.0 Å². The number of piperazine rings is 1. The van der Waals surface area contributed by atoms with Crippen LogP contribution >= 0.6 is 0 Å². The third-order valence-electron chi connectivity index (χ3n) is 5.88. The average molecular weight is 475 g/mol. The normalized spacial score (nSPS) is 18.1. The van der Waals surface area contributed by atoms with Gasteiger partial charge in [-0.1, -0.05) is 30.3 Å². The average Bonchev–Trinajstić information content (AvgIpc) is 2.68. The lowest BCUT2D eigenvalue weighted by molar-refractivity contribution is -0.302. The minimum Gasteiger partial charge on any atom is -0.465 e. The van der Waals surface area contributed by atoms with Gasteiger partial charge in [0.05, 0.1) is 5.69 Å². The number of alkyl halides is 6. The lowest BCUT2D eigenvalue weighted by Crippen LogP contribution is -2.62.